The molecule has 1 amide bonds. The summed E-state index contributed by atoms with van der Waals surface area (Å²) in [6, 6.07) is 17.1. The molecule has 2 aromatic carbocycles. The summed E-state index contributed by atoms with van der Waals surface area (Å²) in [7, 11) is 1.63. The number of ether oxygens (including phenoxy) is 2. The van der Waals surface area contributed by atoms with Crippen molar-refractivity contribution in [2.45, 2.75) is 32.4 Å². The number of aryl methyl sites for hydroxylation is 1. The highest BCUT2D eigenvalue weighted by molar-refractivity contribution is 5.94. The summed E-state index contributed by atoms with van der Waals surface area (Å²) >= 11 is 0. The molecule has 0 radical (unpaired) electrons. The first-order chi connectivity index (χ1) is 14.6. The van der Waals surface area contributed by atoms with Crippen LogP contribution in [0.1, 0.15) is 34.5 Å². The lowest BCUT2D eigenvalue weighted by Crippen LogP contribution is -2.37. The molecule has 2 heterocycles. The number of hydrogen-bond donors (Lipinski definition) is 0. The predicted molar refractivity (Wildman–Crippen MR) is 113 cm³/mol. The van der Waals surface area contributed by atoms with E-state index in [0.717, 1.165) is 36.3 Å². The highest BCUT2D eigenvalue weighted by Crippen LogP contribution is 2.24. The number of amides is 1. The molecular weight excluding hydrogens is 380 g/mol. The number of benzene rings is 2. The van der Waals surface area contributed by atoms with Crippen LogP contribution in [-0.4, -0.2) is 42.3 Å². The molecule has 0 aliphatic carbocycles. The molecule has 0 spiro atoms. The third-order valence-corrected chi connectivity index (χ3v) is 5.32. The molecule has 6 heteroatoms. The molecule has 1 unspecified atom stereocenters. The van der Waals surface area contributed by atoms with E-state index in [4.69, 9.17) is 14.0 Å². The fourth-order valence-electron chi connectivity index (χ4n) is 3.61. The second-order valence-electron chi connectivity index (χ2n) is 7.60. The number of nitrogens with zero attached hydrogens (tertiary/aromatic N) is 2. The lowest BCUT2D eigenvalue weighted by atomic mass is 10.1. The van der Waals surface area contributed by atoms with E-state index in [2.05, 4.69) is 5.16 Å². The minimum Gasteiger partial charge on any atom is -0.497 e. The van der Waals surface area contributed by atoms with Gasteiger partial charge in [0.05, 0.1) is 19.8 Å². The van der Waals surface area contributed by atoms with Gasteiger partial charge in [-0.25, -0.2) is 0 Å². The van der Waals surface area contributed by atoms with Crippen LogP contribution < -0.4 is 4.74 Å². The van der Waals surface area contributed by atoms with Crippen molar-refractivity contribution in [3.63, 3.8) is 0 Å². The first kappa shape index (κ1) is 20.2. The summed E-state index contributed by atoms with van der Waals surface area (Å²) < 4.78 is 16.5. The van der Waals surface area contributed by atoms with Crippen molar-refractivity contribution in [1.29, 1.82) is 0 Å². The Morgan fingerprint density at radius 2 is 1.93 bits per heavy atom. The number of methoxy groups -OCH3 is 1. The summed E-state index contributed by atoms with van der Waals surface area (Å²) in [5.41, 5.74) is 3.40. The van der Waals surface area contributed by atoms with Gasteiger partial charge in [-0.2, -0.15) is 0 Å². The van der Waals surface area contributed by atoms with Gasteiger partial charge in [-0.3, -0.25) is 4.79 Å². The summed E-state index contributed by atoms with van der Waals surface area (Å²) in [6.07, 6.45) is 2.06. The van der Waals surface area contributed by atoms with Gasteiger partial charge in [0.2, 0.25) is 0 Å². The first-order valence-corrected chi connectivity index (χ1v) is 10.2. The number of carbonyl (C=O) groups excluding carboxylic acids is 1. The Labute approximate surface area is 176 Å². The van der Waals surface area contributed by atoms with E-state index in [1.807, 2.05) is 61.5 Å². The van der Waals surface area contributed by atoms with Gasteiger partial charge in [0, 0.05) is 30.3 Å². The van der Waals surface area contributed by atoms with Crippen molar-refractivity contribution >= 4 is 5.91 Å². The van der Waals surface area contributed by atoms with Crippen molar-refractivity contribution in [3.05, 3.63) is 71.4 Å². The van der Waals surface area contributed by atoms with E-state index < -0.39 is 0 Å². The lowest BCUT2D eigenvalue weighted by molar-refractivity contribution is 0.0502. The topological polar surface area (TPSA) is 64.8 Å². The van der Waals surface area contributed by atoms with Crippen LogP contribution in [0.15, 0.2) is 59.1 Å². The number of hydrogen-bond acceptors (Lipinski definition) is 5. The third kappa shape index (κ3) is 4.71. The molecule has 4 rings (SSSR count). The zero-order valence-corrected chi connectivity index (χ0v) is 17.3. The zero-order valence-electron chi connectivity index (χ0n) is 17.3. The van der Waals surface area contributed by atoms with E-state index in [1.54, 1.807) is 12.0 Å². The largest absolute Gasteiger partial charge is 0.497 e. The first-order valence-electron chi connectivity index (χ1n) is 10.2. The maximum absolute atomic E-state index is 13.2. The van der Waals surface area contributed by atoms with Crippen LogP contribution in [0.3, 0.4) is 0 Å². The minimum atomic E-state index is -0.0282. The van der Waals surface area contributed by atoms with Gasteiger partial charge in [0.15, 0.2) is 5.76 Å². The van der Waals surface area contributed by atoms with Gasteiger partial charge < -0.3 is 18.9 Å². The van der Waals surface area contributed by atoms with Crippen LogP contribution in [-0.2, 0) is 11.3 Å². The Morgan fingerprint density at radius 3 is 2.60 bits per heavy atom. The second-order valence-corrected chi connectivity index (χ2v) is 7.60. The van der Waals surface area contributed by atoms with Gasteiger partial charge in [0.25, 0.3) is 5.91 Å². The van der Waals surface area contributed by atoms with Crippen molar-refractivity contribution in [1.82, 2.24) is 10.1 Å². The number of carbonyl (C=O) groups is 1. The average molecular weight is 406 g/mol. The normalized spacial score (nSPS) is 15.9. The van der Waals surface area contributed by atoms with Crippen LogP contribution in [0.4, 0.5) is 0 Å². The van der Waals surface area contributed by atoms with E-state index in [9.17, 15) is 4.79 Å². The van der Waals surface area contributed by atoms with Gasteiger partial charge in [-0.05, 0) is 56.2 Å². The van der Waals surface area contributed by atoms with Crippen molar-refractivity contribution in [2.75, 3.05) is 20.3 Å². The molecule has 6 nitrogen and oxygen atoms in total. The zero-order chi connectivity index (χ0) is 20.9. The molecule has 1 atom stereocenters. The maximum atomic E-state index is 13.2. The van der Waals surface area contributed by atoms with Gasteiger partial charge >= 0.3 is 0 Å². The van der Waals surface area contributed by atoms with Crippen molar-refractivity contribution < 1.29 is 18.8 Å². The van der Waals surface area contributed by atoms with Crippen molar-refractivity contribution in [2.24, 2.45) is 0 Å². The van der Waals surface area contributed by atoms with E-state index >= 15 is 0 Å². The highest BCUT2D eigenvalue weighted by Gasteiger charge is 2.24. The number of rotatable bonds is 7. The van der Waals surface area contributed by atoms with Crippen LogP contribution >= 0.6 is 0 Å². The molecule has 1 fully saturated rings. The van der Waals surface area contributed by atoms with Gasteiger partial charge in [0.1, 0.15) is 11.4 Å². The fourth-order valence-corrected chi connectivity index (χ4v) is 3.61. The van der Waals surface area contributed by atoms with Gasteiger partial charge in [-0.15, -0.1) is 0 Å². The Kier molecular flexibility index (Phi) is 6.14. The highest BCUT2D eigenvalue weighted by atomic mass is 16.5. The molecule has 0 N–H and O–H groups in total. The summed E-state index contributed by atoms with van der Waals surface area (Å²) in [6.45, 7) is 3.67. The second kappa shape index (κ2) is 9.13. The lowest BCUT2D eigenvalue weighted by Gasteiger charge is -2.24. The predicted octanol–water partition coefficient (Wildman–Crippen LogP) is 4.48. The quantitative estimate of drug-likeness (QED) is 0.579. The molecule has 156 valence electrons. The molecule has 1 aliphatic heterocycles. The molecule has 1 aliphatic rings. The smallest absolute Gasteiger partial charge is 0.254 e. The van der Waals surface area contributed by atoms with E-state index in [0.29, 0.717) is 30.1 Å². The maximum Gasteiger partial charge on any atom is 0.254 e. The molecule has 0 bridgehead atoms. The standard InChI is InChI=1S/C24H26N2O4/c1-17-5-7-19(8-6-17)24(27)26(16-22-4-3-13-29-22)15-20-14-23(30-25-20)18-9-11-21(28-2)12-10-18/h5-12,14,22H,3-4,13,15-16H2,1-2H3. The third-order valence-electron chi connectivity index (χ3n) is 5.32. The SMILES string of the molecule is COc1ccc(-c2cc(CN(CC3CCCO3)C(=O)c3ccc(C)cc3)no2)cc1. The van der Waals surface area contributed by atoms with Crippen molar-refractivity contribution in [3.8, 4) is 17.1 Å². The summed E-state index contributed by atoms with van der Waals surface area (Å²) in [5.74, 6) is 1.41. The molecule has 3 aromatic rings. The van der Waals surface area contributed by atoms with E-state index in [1.165, 1.54) is 0 Å². The summed E-state index contributed by atoms with van der Waals surface area (Å²) in [5, 5.41) is 4.20. The molecule has 30 heavy (non-hydrogen) atoms. The Balaban J connectivity index is 1.52. The van der Waals surface area contributed by atoms with Crippen LogP contribution in [0.5, 0.6) is 5.75 Å². The monoisotopic (exact) mass is 406 g/mol. The Hall–Kier alpha value is -3.12. The molecule has 0 saturated carbocycles. The van der Waals surface area contributed by atoms with Gasteiger partial charge in [-0.1, -0.05) is 22.9 Å². The molecule has 1 aromatic heterocycles. The molecule has 1 saturated heterocycles. The average Bonchev–Trinajstić information content (AvgIpc) is 3.46. The van der Waals surface area contributed by atoms with Crippen LogP contribution in [0.25, 0.3) is 11.3 Å². The Morgan fingerprint density at radius 1 is 1.17 bits per heavy atom. The van der Waals surface area contributed by atoms with Crippen LogP contribution in [0.2, 0.25) is 0 Å². The minimum absolute atomic E-state index is 0.0282. The summed E-state index contributed by atoms with van der Waals surface area (Å²) in [4.78, 5) is 15.0. The Bertz CT molecular complexity index is 973. The number of aromatic nitrogens is 1. The van der Waals surface area contributed by atoms with Crippen LogP contribution in [0, 0.1) is 6.92 Å². The molecular formula is C24H26N2O4. The van der Waals surface area contributed by atoms with E-state index in [-0.39, 0.29) is 12.0 Å². The fraction of sp³-hybridized carbons (Fsp3) is 0.333.